The molecule has 8 heteroatoms. The fourth-order valence-electron chi connectivity index (χ4n) is 1.83. The van der Waals surface area contributed by atoms with Crippen LogP contribution in [0.2, 0.25) is 5.02 Å². The average molecular weight is 357 g/mol. The van der Waals surface area contributed by atoms with Gasteiger partial charge in [0.2, 0.25) is 10.0 Å². The van der Waals surface area contributed by atoms with E-state index in [1.165, 1.54) is 43.4 Å². The molecule has 2 rings (SSSR count). The Labute approximate surface area is 138 Å². The highest BCUT2D eigenvalue weighted by molar-refractivity contribution is 7.92. The number of hydrogen-bond acceptors (Lipinski definition) is 3. The number of halogens is 2. The number of benzene rings is 2. The molecule has 0 aliphatic rings. The van der Waals surface area contributed by atoms with Crippen molar-refractivity contribution in [3.63, 3.8) is 0 Å². The van der Waals surface area contributed by atoms with E-state index in [9.17, 15) is 17.6 Å². The predicted molar refractivity (Wildman–Crippen MR) is 89.1 cm³/mol. The summed E-state index contributed by atoms with van der Waals surface area (Å²) in [5, 5.41) is 2.48. The van der Waals surface area contributed by atoms with Crippen molar-refractivity contribution in [2.24, 2.45) is 0 Å². The van der Waals surface area contributed by atoms with E-state index in [0.717, 1.165) is 10.6 Å². The third kappa shape index (κ3) is 4.00. The molecule has 0 heterocycles. The van der Waals surface area contributed by atoms with E-state index in [2.05, 4.69) is 5.32 Å². The molecule has 122 valence electrons. The minimum absolute atomic E-state index is 0.0332. The Balaban J connectivity index is 2.28. The van der Waals surface area contributed by atoms with Gasteiger partial charge in [0.25, 0.3) is 5.91 Å². The fourth-order valence-corrected chi connectivity index (χ4v) is 2.58. The van der Waals surface area contributed by atoms with E-state index < -0.39 is 21.7 Å². The van der Waals surface area contributed by atoms with E-state index in [1.54, 1.807) is 6.07 Å². The molecular formula is C15H14ClFN2O3S. The van der Waals surface area contributed by atoms with Crippen molar-refractivity contribution in [3.8, 4) is 0 Å². The zero-order chi connectivity index (χ0) is 17.2. The molecule has 0 saturated carbocycles. The van der Waals surface area contributed by atoms with Gasteiger partial charge < -0.3 is 5.32 Å². The van der Waals surface area contributed by atoms with Crippen molar-refractivity contribution in [1.82, 2.24) is 0 Å². The van der Waals surface area contributed by atoms with Crippen molar-refractivity contribution in [2.45, 2.75) is 0 Å². The van der Waals surface area contributed by atoms with Crippen LogP contribution in [0.5, 0.6) is 0 Å². The Morgan fingerprint density at radius 1 is 1.22 bits per heavy atom. The van der Waals surface area contributed by atoms with Crippen LogP contribution in [-0.4, -0.2) is 27.6 Å². The molecule has 23 heavy (non-hydrogen) atoms. The van der Waals surface area contributed by atoms with Gasteiger partial charge in [-0.05, 0) is 30.3 Å². The third-order valence-corrected chi connectivity index (χ3v) is 4.70. The first-order valence-electron chi connectivity index (χ1n) is 6.49. The number of para-hydroxylation sites is 1. The molecule has 1 amide bonds. The van der Waals surface area contributed by atoms with Gasteiger partial charge in [-0.25, -0.2) is 12.8 Å². The Kier molecular flexibility index (Phi) is 4.91. The Morgan fingerprint density at radius 2 is 1.87 bits per heavy atom. The molecule has 0 fully saturated rings. The zero-order valence-corrected chi connectivity index (χ0v) is 14.0. The number of carbonyl (C=O) groups is 1. The molecule has 0 aromatic heterocycles. The maximum atomic E-state index is 13.5. The van der Waals surface area contributed by atoms with Crippen LogP contribution in [0.4, 0.5) is 15.8 Å². The van der Waals surface area contributed by atoms with Crippen molar-refractivity contribution >= 4 is 38.9 Å². The Bertz CT molecular complexity index is 856. The first kappa shape index (κ1) is 17.2. The molecule has 0 bridgehead atoms. The zero-order valence-electron chi connectivity index (χ0n) is 12.4. The van der Waals surface area contributed by atoms with Crippen LogP contribution in [0.25, 0.3) is 0 Å². The lowest BCUT2D eigenvalue weighted by Crippen LogP contribution is -2.25. The largest absolute Gasteiger partial charge is 0.319 e. The summed E-state index contributed by atoms with van der Waals surface area (Å²) in [7, 11) is -2.06. The first-order valence-corrected chi connectivity index (χ1v) is 8.72. The number of hydrogen-bond donors (Lipinski definition) is 1. The van der Waals surface area contributed by atoms with Gasteiger partial charge in [-0.1, -0.05) is 23.7 Å². The van der Waals surface area contributed by atoms with E-state index in [1.807, 2.05) is 0 Å². The minimum Gasteiger partial charge on any atom is -0.319 e. The molecule has 2 aromatic rings. The summed E-state index contributed by atoms with van der Waals surface area (Å²) in [4.78, 5) is 12.2. The number of nitrogens with one attached hydrogen (secondary N) is 1. The summed E-state index contributed by atoms with van der Waals surface area (Å²) in [6.07, 6.45) is 1.06. The predicted octanol–water partition coefficient (Wildman–Crippen LogP) is 3.13. The van der Waals surface area contributed by atoms with Crippen LogP contribution in [0.15, 0.2) is 42.5 Å². The van der Waals surface area contributed by atoms with Gasteiger partial charge in [0, 0.05) is 7.05 Å². The lowest BCUT2D eigenvalue weighted by Gasteiger charge is -2.17. The number of nitrogens with zero attached hydrogens (tertiary/aromatic N) is 1. The minimum atomic E-state index is -3.44. The van der Waals surface area contributed by atoms with Crippen LogP contribution in [0.3, 0.4) is 0 Å². The number of rotatable bonds is 4. The number of sulfonamides is 1. The van der Waals surface area contributed by atoms with Crippen LogP contribution in [0, 0.1) is 5.82 Å². The van der Waals surface area contributed by atoms with E-state index in [-0.39, 0.29) is 16.3 Å². The Hall–Kier alpha value is -2.12. The molecule has 1 N–H and O–H groups in total. The monoisotopic (exact) mass is 356 g/mol. The van der Waals surface area contributed by atoms with Gasteiger partial charge >= 0.3 is 0 Å². The number of amides is 1. The highest BCUT2D eigenvalue weighted by Crippen LogP contribution is 2.25. The van der Waals surface area contributed by atoms with Crippen LogP contribution >= 0.6 is 11.6 Å². The van der Waals surface area contributed by atoms with Crippen molar-refractivity contribution in [1.29, 1.82) is 0 Å². The van der Waals surface area contributed by atoms with Crippen molar-refractivity contribution in [2.75, 3.05) is 22.9 Å². The molecule has 0 atom stereocenters. The second-order valence-electron chi connectivity index (χ2n) is 4.83. The van der Waals surface area contributed by atoms with E-state index in [4.69, 9.17) is 11.6 Å². The maximum absolute atomic E-state index is 13.5. The van der Waals surface area contributed by atoms with Gasteiger partial charge in [-0.3, -0.25) is 9.10 Å². The lowest BCUT2D eigenvalue weighted by atomic mass is 10.2. The summed E-state index contributed by atoms with van der Waals surface area (Å²) < 4.78 is 37.6. The van der Waals surface area contributed by atoms with Crippen LogP contribution in [-0.2, 0) is 10.0 Å². The molecule has 0 aliphatic carbocycles. The maximum Gasteiger partial charge on any atom is 0.257 e. The lowest BCUT2D eigenvalue weighted by molar-refractivity contribution is 0.102. The smallest absolute Gasteiger partial charge is 0.257 e. The van der Waals surface area contributed by atoms with Crippen molar-refractivity contribution < 1.29 is 17.6 Å². The molecule has 2 aromatic carbocycles. The van der Waals surface area contributed by atoms with Gasteiger partial charge in [0.15, 0.2) is 0 Å². The summed E-state index contributed by atoms with van der Waals surface area (Å²) in [5.41, 5.74) is 0.464. The molecule has 0 saturated heterocycles. The van der Waals surface area contributed by atoms with Crippen LogP contribution in [0.1, 0.15) is 10.4 Å². The molecule has 5 nitrogen and oxygen atoms in total. The van der Waals surface area contributed by atoms with Crippen LogP contribution < -0.4 is 9.62 Å². The summed E-state index contributed by atoms with van der Waals surface area (Å²) in [5.74, 6) is -1.15. The second-order valence-corrected chi connectivity index (χ2v) is 7.25. The summed E-state index contributed by atoms with van der Waals surface area (Å²) >= 11 is 6.05. The second kappa shape index (κ2) is 6.55. The third-order valence-electron chi connectivity index (χ3n) is 3.18. The number of anilines is 2. The van der Waals surface area contributed by atoms with Crippen molar-refractivity contribution in [3.05, 3.63) is 58.9 Å². The summed E-state index contributed by atoms with van der Waals surface area (Å²) in [6.45, 7) is 0. The first-order chi connectivity index (χ1) is 10.7. The van der Waals surface area contributed by atoms with Gasteiger partial charge in [0.05, 0.1) is 28.2 Å². The molecular weight excluding hydrogens is 343 g/mol. The molecule has 0 unspecified atom stereocenters. The number of carbonyl (C=O) groups excluding carboxylic acids is 1. The van der Waals surface area contributed by atoms with Gasteiger partial charge in [-0.2, -0.15) is 0 Å². The topological polar surface area (TPSA) is 66.5 Å². The average Bonchev–Trinajstić information content (AvgIpc) is 2.47. The molecule has 0 radical (unpaired) electrons. The molecule has 0 aliphatic heterocycles. The fraction of sp³-hybridized carbons (Fsp3) is 0.133. The van der Waals surface area contributed by atoms with E-state index >= 15 is 0 Å². The normalized spacial score (nSPS) is 11.1. The summed E-state index contributed by atoms with van der Waals surface area (Å²) in [6, 6.07) is 9.93. The molecule has 0 spiro atoms. The van der Waals surface area contributed by atoms with Gasteiger partial charge in [0.1, 0.15) is 5.82 Å². The van der Waals surface area contributed by atoms with E-state index in [0.29, 0.717) is 5.69 Å². The Morgan fingerprint density at radius 3 is 2.43 bits per heavy atom. The highest BCUT2D eigenvalue weighted by atomic mass is 35.5. The standard InChI is InChI=1S/C15H14ClFN2O3S/c1-19(23(2,21)22)10-7-8-11(12(16)9-10)15(20)18-14-6-4-3-5-13(14)17/h3-9H,1-2H3,(H,18,20). The van der Waals surface area contributed by atoms with Gasteiger partial charge in [-0.15, -0.1) is 0 Å². The highest BCUT2D eigenvalue weighted by Gasteiger charge is 2.17. The SMILES string of the molecule is CN(c1ccc(C(=O)Nc2ccccc2F)c(Cl)c1)S(C)(=O)=O. The quantitative estimate of drug-likeness (QED) is 0.915.